The number of ether oxygens (including phenoxy) is 2. The van der Waals surface area contributed by atoms with Crippen molar-refractivity contribution in [2.24, 2.45) is 5.73 Å². The Morgan fingerprint density at radius 1 is 0.969 bits per heavy atom. The van der Waals surface area contributed by atoms with Crippen LogP contribution in [0.5, 0.6) is 5.75 Å². The Bertz CT molecular complexity index is 1060. The van der Waals surface area contributed by atoms with Crippen LogP contribution in [0.4, 0.5) is 0 Å². The van der Waals surface area contributed by atoms with Gasteiger partial charge in [0.05, 0.1) is 6.61 Å². The highest BCUT2D eigenvalue weighted by Crippen LogP contribution is 2.40. The lowest BCUT2D eigenvalue weighted by atomic mass is 9.91. The van der Waals surface area contributed by atoms with Crippen molar-refractivity contribution in [3.05, 3.63) is 113 Å². The van der Waals surface area contributed by atoms with Gasteiger partial charge in [0, 0.05) is 23.6 Å². The van der Waals surface area contributed by atoms with Crippen LogP contribution in [0.25, 0.3) is 5.70 Å². The summed E-state index contributed by atoms with van der Waals surface area (Å²) in [5, 5.41) is 0. The molecule has 3 aromatic rings. The molecule has 0 bridgehead atoms. The van der Waals surface area contributed by atoms with Gasteiger partial charge in [0.25, 0.3) is 0 Å². The molecule has 0 heterocycles. The summed E-state index contributed by atoms with van der Waals surface area (Å²) in [6.45, 7) is 11.6. The van der Waals surface area contributed by atoms with Crippen molar-refractivity contribution >= 4 is 17.5 Å². The van der Waals surface area contributed by atoms with Crippen LogP contribution in [0, 0.1) is 6.92 Å². The molecule has 4 heteroatoms. The Morgan fingerprint density at radius 3 is 2.47 bits per heavy atom. The summed E-state index contributed by atoms with van der Waals surface area (Å²) < 4.78 is 10.9. The quantitative estimate of drug-likeness (QED) is 0.267. The first kappa shape index (κ1) is 23.7. The minimum atomic E-state index is 0.153. The van der Waals surface area contributed by atoms with E-state index in [-0.39, 0.29) is 5.92 Å². The standard InChI is InChI=1S/C28H31NO2S/c1-20-13-14-26(31-16-15-30-4)19-28(20)32-22(3)27(24-10-6-5-7-11-24)18-23-9-8-12-25(17-23)21(2)29/h5-14,17,19,27H,2-3,15-16,18,29H2,1,4H3. The minimum absolute atomic E-state index is 0.153. The summed E-state index contributed by atoms with van der Waals surface area (Å²) in [6.07, 6.45) is 0.833. The van der Waals surface area contributed by atoms with Gasteiger partial charge in [-0.2, -0.15) is 0 Å². The molecule has 0 aliphatic rings. The molecule has 0 spiro atoms. The van der Waals surface area contributed by atoms with Gasteiger partial charge in [-0.1, -0.05) is 79.5 Å². The number of methoxy groups -OCH3 is 1. The maximum absolute atomic E-state index is 5.93. The van der Waals surface area contributed by atoms with Gasteiger partial charge in [-0.3, -0.25) is 0 Å². The number of rotatable bonds is 11. The van der Waals surface area contributed by atoms with E-state index >= 15 is 0 Å². The van der Waals surface area contributed by atoms with E-state index in [4.69, 9.17) is 15.2 Å². The average molecular weight is 446 g/mol. The van der Waals surface area contributed by atoms with E-state index in [1.807, 2.05) is 24.3 Å². The smallest absolute Gasteiger partial charge is 0.120 e. The lowest BCUT2D eigenvalue weighted by molar-refractivity contribution is 0.146. The van der Waals surface area contributed by atoms with E-state index in [0.29, 0.717) is 18.9 Å². The maximum atomic E-state index is 5.93. The van der Waals surface area contributed by atoms with Crippen LogP contribution < -0.4 is 10.5 Å². The van der Waals surface area contributed by atoms with E-state index in [2.05, 4.69) is 68.6 Å². The zero-order valence-electron chi connectivity index (χ0n) is 18.8. The van der Waals surface area contributed by atoms with Crippen LogP contribution in [0.15, 0.2) is 95.8 Å². The van der Waals surface area contributed by atoms with Crippen LogP contribution in [-0.4, -0.2) is 20.3 Å². The van der Waals surface area contributed by atoms with Crippen molar-refractivity contribution in [1.82, 2.24) is 0 Å². The predicted molar refractivity (Wildman–Crippen MR) is 136 cm³/mol. The minimum Gasteiger partial charge on any atom is -0.491 e. The number of aryl methyl sites for hydroxylation is 1. The number of allylic oxidation sites excluding steroid dienone is 1. The molecule has 0 radical (unpaired) electrons. The second kappa shape index (κ2) is 11.6. The van der Waals surface area contributed by atoms with Gasteiger partial charge in [-0.05, 0) is 58.7 Å². The first-order chi connectivity index (χ1) is 15.5. The highest BCUT2D eigenvalue weighted by molar-refractivity contribution is 8.03. The van der Waals surface area contributed by atoms with Gasteiger partial charge in [-0.15, -0.1) is 0 Å². The molecule has 3 nitrogen and oxygen atoms in total. The third kappa shape index (κ3) is 6.52. The van der Waals surface area contributed by atoms with E-state index in [9.17, 15) is 0 Å². The molecule has 2 N–H and O–H groups in total. The predicted octanol–water partition coefficient (Wildman–Crippen LogP) is 6.58. The van der Waals surface area contributed by atoms with Crippen LogP contribution in [0.3, 0.4) is 0 Å². The third-order valence-corrected chi connectivity index (χ3v) is 6.49. The molecular weight excluding hydrogens is 414 g/mol. The average Bonchev–Trinajstić information content (AvgIpc) is 2.80. The van der Waals surface area contributed by atoms with Crippen molar-refractivity contribution in [3.8, 4) is 5.75 Å². The largest absolute Gasteiger partial charge is 0.491 e. The first-order valence-corrected chi connectivity index (χ1v) is 11.5. The summed E-state index contributed by atoms with van der Waals surface area (Å²) >= 11 is 1.71. The summed E-state index contributed by atoms with van der Waals surface area (Å²) in [5.41, 5.74) is 11.1. The Balaban J connectivity index is 1.84. The van der Waals surface area contributed by atoms with E-state index in [0.717, 1.165) is 27.5 Å². The van der Waals surface area contributed by atoms with Crippen molar-refractivity contribution in [2.45, 2.75) is 24.2 Å². The molecule has 3 aromatic carbocycles. The van der Waals surface area contributed by atoms with Crippen LogP contribution in [0.2, 0.25) is 0 Å². The number of hydrogen-bond donors (Lipinski definition) is 1. The van der Waals surface area contributed by atoms with Crippen molar-refractivity contribution in [1.29, 1.82) is 0 Å². The SMILES string of the molecule is C=C(N)c1cccc(CC(C(=C)Sc2cc(OCCOC)ccc2C)c2ccccc2)c1. The molecule has 1 unspecified atom stereocenters. The molecule has 0 aliphatic heterocycles. The molecule has 32 heavy (non-hydrogen) atoms. The molecule has 0 fully saturated rings. The highest BCUT2D eigenvalue weighted by Gasteiger charge is 2.18. The van der Waals surface area contributed by atoms with Gasteiger partial charge in [0.15, 0.2) is 0 Å². The van der Waals surface area contributed by atoms with Gasteiger partial charge in [0.2, 0.25) is 0 Å². The van der Waals surface area contributed by atoms with Crippen molar-refractivity contribution in [3.63, 3.8) is 0 Å². The Kier molecular flexibility index (Phi) is 8.60. The fourth-order valence-electron chi connectivity index (χ4n) is 3.47. The maximum Gasteiger partial charge on any atom is 0.120 e. The third-order valence-electron chi connectivity index (χ3n) is 5.29. The second-order valence-corrected chi connectivity index (χ2v) is 8.90. The molecule has 0 aliphatic carbocycles. The highest BCUT2D eigenvalue weighted by atomic mass is 32.2. The molecule has 0 saturated heterocycles. The van der Waals surface area contributed by atoms with Gasteiger partial charge >= 0.3 is 0 Å². The normalized spacial score (nSPS) is 11.7. The number of benzene rings is 3. The molecule has 0 amide bonds. The Hall–Kier alpha value is -2.95. The summed E-state index contributed by atoms with van der Waals surface area (Å²) in [5.74, 6) is 0.994. The van der Waals surface area contributed by atoms with Gasteiger partial charge < -0.3 is 15.2 Å². The molecule has 1 atom stereocenters. The lowest BCUT2D eigenvalue weighted by Gasteiger charge is -2.21. The number of nitrogens with two attached hydrogens (primary N) is 1. The van der Waals surface area contributed by atoms with Gasteiger partial charge in [0.1, 0.15) is 12.4 Å². The number of thioether (sulfide) groups is 1. The van der Waals surface area contributed by atoms with E-state index in [1.54, 1.807) is 18.9 Å². The zero-order chi connectivity index (χ0) is 22.9. The van der Waals surface area contributed by atoms with Crippen molar-refractivity contribution < 1.29 is 9.47 Å². The lowest BCUT2D eigenvalue weighted by Crippen LogP contribution is -2.06. The van der Waals surface area contributed by atoms with E-state index < -0.39 is 0 Å². The topological polar surface area (TPSA) is 44.5 Å². The van der Waals surface area contributed by atoms with Gasteiger partial charge in [-0.25, -0.2) is 0 Å². The fraction of sp³-hybridized carbons (Fsp3) is 0.214. The van der Waals surface area contributed by atoms with Crippen molar-refractivity contribution in [2.75, 3.05) is 20.3 Å². The fourth-order valence-corrected chi connectivity index (χ4v) is 4.52. The molecule has 0 saturated carbocycles. The Labute approximate surface area is 196 Å². The monoisotopic (exact) mass is 445 g/mol. The number of hydrogen-bond acceptors (Lipinski definition) is 4. The Morgan fingerprint density at radius 2 is 1.75 bits per heavy atom. The second-order valence-electron chi connectivity index (χ2n) is 7.73. The van der Waals surface area contributed by atoms with Crippen LogP contribution in [-0.2, 0) is 11.2 Å². The molecule has 0 aromatic heterocycles. The van der Waals surface area contributed by atoms with Crippen LogP contribution >= 0.6 is 11.8 Å². The first-order valence-electron chi connectivity index (χ1n) is 10.7. The van der Waals surface area contributed by atoms with Crippen LogP contribution in [0.1, 0.15) is 28.2 Å². The molecule has 3 rings (SSSR count). The summed E-state index contributed by atoms with van der Waals surface area (Å²) in [7, 11) is 1.67. The summed E-state index contributed by atoms with van der Waals surface area (Å²) in [4.78, 5) is 2.24. The zero-order valence-corrected chi connectivity index (χ0v) is 19.7. The van der Waals surface area contributed by atoms with E-state index in [1.165, 1.54) is 16.7 Å². The summed E-state index contributed by atoms with van der Waals surface area (Å²) in [6, 6.07) is 25.0. The molecule has 166 valence electrons. The molecular formula is C28H31NO2S.